The maximum absolute atomic E-state index is 12.8. The molecule has 0 unspecified atom stereocenters. The van der Waals surface area contributed by atoms with Crippen LogP contribution in [0, 0.1) is 6.92 Å². The summed E-state index contributed by atoms with van der Waals surface area (Å²) in [4.78, 5) is 1.10. The highest BCUT2D eigenvalue weighted by atomic mass is 79.9. The van der Waals surface area contributed by atoms with E-state index in [0.29, 0.717) is 5.69 Å². The summed E-state index contributed by atoms with van der Waals surface area (Å²) in [5, 5.41) is 3.88. The molecule has 0 spiro atoms. The molecule has 0 radical (unpaired) electrons. The van der Waals surface area contributed by atoms with Gasteiger partial charge in [0, 0.05) is 5.56 Å². The maximum atomic E-state index is 12.8. The summed E-state index contributed by atoms with van der Waals surface area (Å²) in [7, 11) is 1.90. The molecule has 0 fully saturated rings. The molecule has 2 nitrogen and oxygen atoms in total. The SMILES string of the molecule is Cc1sc(Nc2cccc(C(F)(F)F)c2)[n+](C)c1-c1ccccc1.[Br-]. The Balaban J connectivity index is 0.00000225. The number of nitrogens with one attached hydrogen (secondary N) is 1. The second-order valence-corrected chi connectivity index (χ2v) is 6.64. The van der Waals surface area contributed by atoms with Crippen LogP contribution in [-0.4, -0.2) is 0 Å². The van der Waals surface area contributed by atoms with Crippen molar-refractivity contribution in [1.29, 1.82) is 0 Å². The van der Waals surface area contributed by atoms with E-state index in [-0.39, 0.29) is 17.0 Å². The van der Waals surface area contributed by atoms with E-state index in [2.05, 4.69) is 5.32 Å². The summed E-state index contributed by atoms with van der Waals surface area (Å²) in [6.45, 7) is 2.00. The van der Waals surface area contributed by atoms with Crippen molar-refractivity contribution in [3.63, 3.8) is 0 Å². The zero-order valence-electron chi connectivity index (χ0n) is 13.6. The number of anilines is 2. The molecule has 0 bridgehead atoms. The molecule has 1 heterocycles. The predicted molar refractivity (Wildman–Crippen MR) is 90.4 cm³/mol. The third-order valence-electron chi connectivity index (χ3n) is 3.71. The first-order valence-electron chi connectivity index (χ1n) is 7.35. The zero-order chi connectivity index (χ0) is 17.3. The third kappa shape index (κ3) is 4.22. The van der Waals surface area contributed by atoms with Gasteiger partial charge in [0.15, 0.2) is 0 Å². The van der Waals surface area contributed by atoms with Crippen LogP contribution in [0.25, 0.3) is 11.3 Å². The minimum Gasteiger partial charge on any atom is -1.00 e. The summed E-state index contributed by atoms with van der Waals surface area (Å²) in [6.07, 6.45) is -4.35. The van der Waals surface area contributed by atoms with Gasteiger partial charge >= 0.3 is 11.3 Å². The fraction of sp³-hybridized carbons (Fsp3) is 0.167. The molecule has 2 aromatic carbocycles. The van der Waals surface area contributed by atoms with E-state index in [1.807, 2.05) is 48.9 Å². The Morgan fingerprint density at radius 3 is 2.32 bits per heavy atom. The maximum Gasteiger partial charge on any atom is 0.416 e. The highest BCUT2D eigenvalue weighted by molar-refractivity contribution is 7.15. The van der Waals surface area contributed by atoms with Crippen molar-refractivity contribution < 1.29 is 34.7 Å². The van der Waals surface area contributed by atoms with Crippen LogP contribution >= 0.6 is 11.3 Å². The standard InChI is InChI=1S/C18H15F3N2S.BrH/c1-12-16(13-7-4-3-5-8-13)23(2)17(24-12)22-15-10-6-9-14(11-15)18(19,20)21;/h3-11H,1-2H3;1H. The Labute approximate surface area is 158 Å². The van der Waals surface area contributed by atoms with Crippen molar-refractivity contribution in [3.05, 3.63) is 65.0 Å². The van der Waals surface area contributed by atoms with Gasteiger partial charge in [0.1, 0.15) is 11.4 Å². The number of hydrogen-bond acceptors (Lipinski definition) is 2. The van der Waals surface area contributed by atoms with E-state index < -0.39 is 11.7 Å². The first-order valence-corrected chi connectivity index (χ1v) is 8.17. The van der Waals surface area contributed by atoms with E-state index >= 15 is 0 Å². The Bertz CT molecular complexity index is 861. The molecule has 0 atom stereocenters. The molecule has 0 aliphatic rings. The zero-order valence-corrected chi connectivity index (χ0v) is 16.0. The Morgan fingerprint density at radius 1 is 1.00 bits per heavy atom. The van der Waals surface area contributed by atoms with Crippen LogP contribution in [0.4, 0.5) is 24.0 Å². The van der Waals surface area contributed by atoms with Gasteiger partial charge in [-0.2, -0.15) is 13.2 Å². The summed E-state index contributed by atoms with van der Waals surface area (Å²) < 4.78 is 40.5. The van der Waals surface area contributed by atoms with E-state index in [1.54, 1.807) is 6.07 Å². The van der Waals surface area contributed by atoms with Crippen LogP contribution in [0.15, 0.2) is 54.6 Å². The number of aromatic nitrogens is 1. The molecule has 0 saturated carbocycles. The van der Waals surface area contributed by atoms with Crippen LogP contribution in [0.2, 0.25) is 0 Å². The average Bonchev–Trinajstić information content (AvgIpc) is 2.82. The molecule has 0 amide bonds. The molecule has 132 valence electrons. The summed E-state index contributed by atoms with van der Waals surface area (Å²) in [5.74, 6) is 0. The normalized spacial score (nSPS) is 11.1. The summed E-state index contributed by atoms with van der Waals surface area (Å²) in [5.41, 5.74) is 1.88. The van der Waals surface area contributed by atoms with Crippen LogP contribution in [0.1, 0.15) is 10.4 Å². The van der Waals surface area contributed by atoms with Crippen LogP contribution < -0.4 is 26.9 Å². The quantitative estimate of drug-likeness (QED) is 0.633. The van der Waals surface area contributed by atoms with Gasteiger partial charge in [0.25, 0.3) is 0 Å². The lowest BCUT2D eigenvalue weighted by atomic mass is 10.1. The van der Waals surface area contributed by atoms with Gasteiger partial charge in [-0.05, 0) is 25.1 Å². The van der Waals surface area contributed by atoms with Crippen LogP contribution in [0.3, 0.4) is 0 Å². The molecule has 0 aliphatic heterocycles. The van der Waals surface area contributed by atoms with Crippen molar-refractivity contribution in [2.45, 2.75) is 13.1 Å². The Kier molecular flexibility index (Phi) is 5.90. The average molecular weight is 429 g/mol. The number of alkyl halides is 3. The lowest BCUT2D eigenvalue weighted by Gasteiger charge is -2.07. The van der Waals surface area contributed by atoms with Crippen molar-refractivity contribution in [2.24, 2.45) is 7.05 Å². The lowest BCUT2D eigenvalue weighted by molar-refractivity contribution is -0.641. The van der Waals surface area contributed by atoms with Crippen molar-refractivity contribution in [3.8, 4) is 11.3 Å². The molecular weight excluding hydrogens is 413 g/mol. The number of hydrogen-bond donors (Lipinski definition) is 1. The number of rotatable bonds is 3. The van der Waals surface area contributed by atoms with Gasteiger partial charge in [0.05, 0.1) is 17.5 Å². The van der Waals surface area contributed by atoms with E-state index in [9.17, 15) is 13.2 Å². The summed E-state index contributed by atoms with van der Waals surface area (Å²) >= 11 is 1.51. The Morgan fingerprint density at radius 2 is 1.68 bits per heavy atom. The van der Waals surface area contributed by atoms with Crippen LogP contribution in [-0.2, 0) is 13.2 Å². The molecule has 1 N–H and O–H groups in total. The fourth-order valence-electron chi connectivity index (χ4n) is 2.60. The number of thiazole rings is 1. The second kappa shape index (κ2) is 7.58. The number of benzene rings is 2. The van der Waals surface area contributed by atoms with E-state index in [4.69, 9.17) is 0 Å². The lowest BCUT2D eigenvalue weighted by Crippen LogP contribution is -3.00. The van der Waals surface area contributed by atoms with Gasteiger partial charge in [-0.3, -0.25) is 0 Å². The van der Waals surface area contributed by atoms with Crippen molar-refractivity contribution in [2.75, 3.05) is 5.32 Å². The molecule has 7 heteroatoms. The largest absolute Gasteiger partial charge is 1.00 e. The van der Waals surface area contributed by atoms with Gasteiger partial charge in [0.2, 0.25) is 0 Å². The molecule has 3 rings (SSSR count). The monoisotopic (exact) mass is 428 g/mol. The van der Waals surface area contributed by atoms with Gasteiger partial charge < -0.3 is 17.0 Å². The van der Waals surface area contributed by atoms with Gasteiger partial charge in [-0.15, -0.1) is 0 Å². The Hall–Kier alpha value is -1.86. The predicted octanol–water partition coefficient (Wildman–Crippen LogP) is 2.31. The van der Waals surface area contributed by atoms with Gasteiger partial charge in [-0.1, -0.05) is 47.7 Å². The van der Waals surface area contributed by atoms with Crippen molar-refractivity contribution >= 4 is 22.2 Å². The topological polar surface area (TPSA) is 15.9 Å². The highest BCUT2D eigenvalue weighted by Crippen LogP contribution is 2.33. The minimum atomic E-state index is -4.35. The number of aryl methyl sites for hydroxylation is 1. The molecule has 25 heavy (non-hydrogen) atoms. The molecule has 0 saturated heterocycles. The first-order chi connectivity index (χ1) is 11.4. The number of halogens is 4. The molecular formula is C18H16BrF3N2S. The highest BCUT2D eigenvalue weighted by Gasteiger charge is 2.31. The third-order valence-corrected chi connectivity index (χ3v) is 4.78. The fourth-order valence-corrected chi connectivity index (χ4v) is 3.64. The van der Waals surface area contributed by atoms with Crippen molar-refractivity contribution in [1.82, 2.24) is 0 Å². The smallest absolute Gasteiger partial charge is 0.416 e. The second-order valence-electron chi connectivity index (χ2n) is 5.44. The van der Waals surface area contributed by atoms with E-state index in [1.165, 1.54) is 17.4 Å². The number of nitrogens with zero attached hydrogens (tertiary/aromatic N) is 1. The van der Waals surface area contributed by atoms with Crippen LogP contribution in [0.5, 0.6) is 0 Å². The van der Waals surface area contributed by atoms with Gasteiger partial charge in [-0.25, -0.2) is 9.88 Å². The first kappa shape index (κ1) is 19.5. The summed E-state index contributed by atoms with van der Waals surface area (Å²) in [6, 6.07) is 15.1. The molecule has 1 aromatic heterocycles. The molecule has 0 aliphatic carbocycles. The minimum absolute atomic E-state index is 0. The molecule has 3 aromatic rings. The van der Waals surface area contributed by atoms with E-state index in [0.717, 1.165) is 33.4 Å².